The SMILES string of the molecule is CC[C@@]1(O)C(=O)OCc2c1cc1n(c2=O)Cc2c-1nc1cc(Cl)c(C)c3c1c2[C@H](NC(=O)[C@H](O)C1CC1)CC3. The number of aryl methyl sites for hydroxylation is 1. The van der Waals surface area contributed by atoms with Gasteiger partial charge in [0.25, 0.3) is 5.56 Å². The van der Waals surface area contributed by atoms with Crippen molar-refractivity contribution >= 4 is 34.4 Å². The van der Waals surface area contributed by atoms with Crippen LogP contribution in [0.1, 0.15) is 72.0 Å². The summed E-state index contributed by atoms with van der Waals surface area (Å²) in [6, 6.07) is 3.11. The molecular formula is C29H28ClN3O6. The highest BCUT2D eigenvalue weighted by Crippen LogP contribution is 2.46. The van der Waals surface area contributed by atoms with Crippen LogP contribution in [0, 0.1) is 12.8 Å². The van der Waals surface area contributed by atoms with Gasteiger partial charge in [-0.05, 0) is 73.8 Å². The van der Waals surface area contributed by atoms with E-state index in [4.69, 9.17) is 21.3 Å². The van der Waals surface area contributed by atoms with Crippen LogP contribution in [-0.2, 0) is 39.5 Å². The summed E-state index contributed by atoms with van der Waals surface area (Å²) >= 11 is 6.61. The van der Waals surface area contributed by atoms with Gasteiger partial charge in [-0.25, -0.2) is 9.78 Å². The number of aliphatic hydroxyl groups is 2. The number of hydrogen-bond donors (Lipinski definition) is 3. The molecule has 0 radical (unpaired) electrons. The molecule has 2 aromatic heterocycles. The molecule has 1 amide bonds. The highest BCUT2D eigenvalue weighted by Gasteiger charge is 2.46. The van der Waals surface area contributed by atoms with E-state index in [1.165, 1.54) is 0 Å². The fourth-order valence-electron chi connectivity index (χ4n) is 6.58. The van der Waals surface area contributed by atoms with Gasteiger partial charge in [-0.1, -0.05) is 18.5 Å². The molecule has 0 unspecified atom stereocenters. The molecule has 0 bridgehead atoms. The van der Waals surface area contributed by atoms with Crippen molar-refractivity contribution in [3.8, 4) is 11.4 Å². The number of pyridine rings is 2. The number of nitrogens with one attached hydrogen (secondary N) is 1. The lowest BCUT2D eigenvalue weighted by Gasteiger charge is -2.31. The Hall–Kier alpha value is -3.27. The van der Waals surface area contributed by atoms with Crippen LogP contribution in [0.5, 0.6) is 0 Å². The average Bonchev–Trinajstić information content (AvgIpc) is 3.71. The zero-order valence-corrected chi connectivity index (χ0v) is 22.4. The maximum atomic E-state index is 13.7. The molecule has 0 saturated heterocycles. The van der Waals surface area contributed by atoms with Crippen LogP contribution in [0.4, 0.5) is 0 Å². The average molecular weight is 550 g/mol. The highest BCUT2D eigenvalue weighted by molar-refractivity contribution is 6.32. The van der Waals surface area contributed by atoms with Gasteiger partial charge in [-0.2, -0.15) is 0 Å². The number of benzene rings is 1. The number of rotatable bonds is 4. The summed E-state index contributed by atoms with van der Waals surface area (Å²) in [6.45, 7) is 3.66. The van der Waals surface area contributed by atoms with Gasteiger partial charge in [-0.3, -0.25) is 9.59 Å². The van der Waals surface area contributed by atoms with E-state index in [9.17, 15) is 24.6 Å². The first kappa shape index (κ1) is 24.7. The Morgan fingerprint density at radius 3 is 2.74 bits per heavy atom. The second-order valence-electron chi connectivity index (χ2n) is 11.2. The molecule has 3 atom stereocenters. The van der Waals surface area contributed by atoms with Gasteiger partial charge in [0.05, 0.1) is 35.1 Å². The van der Waals surface area contributed by atoms with Crippen molar-refractivity contribution in [3.05, 3.63) is 60.9 Å². The minimum absolute atomic E-state index is 0.00139. The number of halogens is 1. The van der Waals surface area contributed by atoms with Crippen molar-refractivity contribution in [2.75, 3.05) is 0 Å². The number of esters is 1. The number of aliphatic hydroxyl groups excluding tert-OH is 1. The summed E-state index contributed by atoms with van der Waals surface area (Å²) < 4.78 is 6.79. The van der Waals surface area contributed by atoms with Crippen molar-refractivity contribution in [2.24, 2.45) is 5.92 Å². The van der Waals surface area contributed by atoms with Crippen LogP contribution >= 0.6 is 11.6 Å². The maximum absolute atomic E-state index is 13.7. The van der Waals surface area contributed by atoms with E-state index >= 15 is 0 Å². The number of fused-ring (bicyclic) bond motifs is 5. The van der Waals surface area contributed by atoms with E-state index in [2.05, 4.69) is 5.32 Å². The van der Waals surface area contributed by atoms with E-state index in [1.807, 2.05) is 13.0 Å². The first-order chi connectivity index (χ1) is 18.6. The minimum atomic E-state index is -1.92. The van der Waals surface area contributed by atoms with E-state index in [1.54, 1.807) is 17.6 Å². The third-order valence-electron chi connectivity index (χ3n) is 9.03. The van der Waals surface area contributed by atoms with Crippen molar-refractivity contribution in [3.63, 3.8) is 0 Å². The van der Waals surface area contributed by atoms with Gasteiger partial charge in [0.1, 0.15) is 12.7 Å². The minimum Gasteiger partial charge on any atom is -0.458 e. The van der Waals surface area contributed by atoms with Crippen LogP contribution < -0.4 is 10.9 Å². The van der Waals surface area contributed by atoms with Gasteiger partial charge in [0.2, 0.25) is 5.91 Å². The maximum Gasteiger partial charge on any atom is 0.343 e. The van der Waals surface area contributed by atoms with Crippen LogP contribution in [0.2, 0.25) is 5.02 Å². The van der Waals surface area contributed by atoms with Gasteiger partial charge >= 0.3 is 5.97 Å². The van der Waals surface area contributed by atoms with Gasteiger partial charge < -0.3 is 24.8 Å². The first-order valence-corrected chi connectivity index (χ1v) is 13.8. The largest absolute Gasteiger partial charge is 0.458 e. The third-order valence-corrected chi connectivity index (χ3v) is 9.42. The predicted molar refractivity (Wildman–Crippen MR) is 142 cm³/mol. The zero-order chi connectivity index (χ0) is 27.4. The molecule has 2 aliphatic carbocycles. The lowest BCUT2D eigenvalue weighted by atomic mass is 9.81. The molecule has 202 valence electrons. The molecule has 3 aromatic rings. The lowest BCUT2D eigenvalue weighted by molar-refractivity contribution is -0.172. The Bertz CT molecular complexity index is 1690. The van der Waals surface area contributed by atoms with Crippen molar-refractivity contribution in [2.45, 2.75) is 76.9 Å². The summed E-state index contributed by atoms with van der Waals surface area (Å²) in [4.78, 5) is 44.2. The quantitative estimate of drug-likeness (QED) is 0.334. The molecule has 7 rings (SSSR count). The lowest BCUT2D eigenvalue weighted by Crippen LogP contribution is -2.44. The summed E-state index contributed by atoms with van der Waals surface area (Å²) in [5.41, 5.74) is 3.68. The highest BCUT2D eigenvalue weighted by atomic mass is 35.5. The normalized spacial score (nSPS) is 23.6. The second-order valence-corrected chi connectivity index (χ2v) is 11.6. The molecule has 4 heterocycles. The van der Waals surface area contributed by atoms with E-state index in [-0.39, 0.29) is 54.1 Å². The number of aromatic nitrogens is 2. The standard InChI is InChI=1S/C29H28ClN3O6/c1-3-29(38)17-8-21-24-15(10-33(21)27(36)16(17)11-39-28(29)37)23-19(32-26(35)25(34)13-4-5-13)7-6-14-12(2)18(30)9-20(31-24)22(14)23/h8-9,13,19,25,34,38H,3-7,10-11H2,1-2H3,(H,32,35)/t19-,25-,29+/m1/s1. The van der Waals surface area contributed by atoms with Crippen LogP contribution in [0.15, 0.2) is 16.9 Å². The van der Waals surface area contributed by atoms with E-state index in [0.717, 1.165) is 40.5 Å². The zero-order valence-electron chi connectivity index (χ0n) is 21.6. The molecular weight excluding hydrogens is 522 g/mol. The fraction of sp³-hybridized carbons (Fsp3) is 0.448. The number of carbonyl (C=O) groups is 2. The van der Waals surface area contributed by atoms with Crippen molar-refractivity contribution in [1.29, 1.82) is 0 Å². The van der Waals surface area contributed by atoms with Gasteiger partial charge in [0, 0.05) is 21.5 Å². The first-order valence-electron chi connectivity index (χ1n) is 13.4. The molecule has 10 heteroatoms. The van der Waals surface area contributed by atoms with Crippen molar-refractivity contribution in [1.82, 2.24) is 14.9 Å². The number of nitrogens with zero attached hydrogens (tertiary/aromatic N) is 2. The molecule has 9 nitrogen and oxygen atoms in total. The van der Waals surface area contributed by atoms with Crippen LogP contribution in [0.3, 0.4) is 0 Å². The number of cyclic esters (lactones) is 1. The topological polar surface area (TPSA) is 131 Å². The van der Waals surface area contributed by atoms with E-state index in [0.29, 0.717) is 34.8 Å². The Kier molecular flexibility index (Phi) is 5.31. The molecule has 4 aliphatic rings. The Morgan fingerprint density at radius 2 is 2.03 bits per heavy atom. The van der Waals surface area contributed by atoms with Crippen molar-refractivity contribution < 1.29 is 24.5 Å². The molecule has 1 fully saturated rings. The Balaban J connectivity index is 1.46. The van der Waals surface area contributed by atoms with Gasteiger partial charge in [-0.15, -0.1) is 0 Å². The van der Waals surface area contributed by atoms with Crippen LogP contribution in [0.25, 0.3) is 22.3 Å². The van der Waals surface area contributed by atoms with E-state index < -0.39 is 17.7 Å². The molecule has 1 saturated carbocycles. The Morgan fingerprint density at radius 1 is 1.26 bits per heavy atom. The number of amides is 1. The fourth-order valence-corrected chi connectivity index (χ4v) is 6.80. The molecule has 39 heavy (non-hydrogen) atoms. The number of ether oxygens (including phenoxy) is 1. The predicted octanol–water partition coefficient (Wildman–Crippen LogP) is 2.92. The molecule has 2 aliphatic heterocycles. The van der Waals surface area contributed by atoms with Gasteiger partial charge in [0.15, 0.2) is 5.60 Å². The molecule has 0 spiro atoms. The Labute approximate surface area is 228 Å². The molecule has 1 aromatic carbocycles. The number of hydrogen-bond acceptors (Lipinski definition) is 7. The number of carbonyl (C=O) groups excluding carboxylic acids is 2. The monoisotopic (exact) mass is 549 g/mol. The summed E-state index contributed by atoms with van der Waals surface area (Å²) in [5.74, 6) is -1.16. The third kappa shape index (κ3) is 3.39. The summed E-state index contributed by atoms with van der Waals surface area (Å²) in [6.07, 6.45) is 2.00. The molecule has 3 N–H and O–H groups in total. The summed E-state index contributed by atoms with van der Waals surface area (Å²) in [7, 11) is 0. The smallest absolute Gasteiger partial charge is 0.343 e. The summed E-state index contributed by atoms with van der Waals surface area (Å²) in [5, 5.41) is 26.3. The second kappa shape index (κ2) is 8.36. The van der Waals surface area contributed by atoms with Crippen LogP contribution in [-0.4, -0.2) is 37.7 Å².